The fraction of sp³-hybridized carbons (Fsp3) is 0.900. The summed E-state index contributed by atoms with van der Waals surface area (Å²) in [5.74, 6) is 1.69. The number of carbonyl (C=O) groups excluding carboxylic acids is 1. The predicted octanol–water partition coefficient (Wildman–Crippen LogP) is 1.03. The van der Waals surface area contributed by atoms with Crippen molar-refractivity contribution >= 4 is 16.9 Å². The largest absolute Gasteiger partial charge is 0.378 e. The minimum Gasteiger partial charge on any atom is -0.378 e. The average Bonchev–Trinajstić information content (AvgIpc) is 2.14. The maximum atomic E-state index is 10.9. The molecule has 2 bridgehead atoms. The number of ether oxygens (including phenoxy) is 1. The van der Waals surface area contributed by atoms with Crippen LogP contribution in [-0.2, 0) is 9.53 Å². The quantitative estimate of drug-likeness (QED) is 0.747. The van der Waals surface area contributed by atoms with Crippen LogP contribution in [0.25, 0.3) is 0 Å². The van der Waals surface area contributed by atoms with E-state index in [9.17, 15) is 4.79 Å². The van der Waals surface area contributed by atoms with Crippen molar-refractivity contribution in [1.82, 2.24) is 5.32 Å². The summed E-state index contributed by atoms with van der Waals surface area (Å²) >= 11 is 1.47. The first-order valence-electron chi connectivity index (χ1n) is 5.21. The second kappa shape index (κ2) is 4.64. The molecule has 4 heteroatoms. The summed E-state index contributed by atoms with van der Waals surface area (Å²) in [6.07, 6.45) is 2.33. The lowest BCUT2D eigenvalue weighted by molar-refractivity contribution is -0.109. The van der Waals surface area contributed by atoms with Crippen molar-refractivity contribution in [2.75, 3.05) is 19.0 Å². The molecule has 0 aromatic carbocycles. The van der Waals surface area contributed by atoms with Crippen molar-refractivity contribution in [1.29, 1.82) is 0 Å². The highest BCUT2D eigenvalue weighted by molar-refractivity contribution is 8.13. The Morgan fingerprint density at radius 2 is 2.07 bits per heavy atom. The molecule has 0 aliphatic carbocycles. The Kier molecular flexibility index (Phi) is 3.47. The molecule has 2 aliphatic rings. The molecule has 0 saturated carbocycles. The van der Waals surface area contributed by atoms with Crippen LogP contribution in [0, 0.1) is 5.92 Å². The van der Waals surface area contributed by atoms with Gasteiger partial charge < -0.3 is 10.1 Å². The van der Waals surface area contributed by atoms with Crippen LogP contribution in [0.3, 0.4) is 0 Å². The molecule has 2 unspecified atom stereocenters. The summed E-state index contributed by atoms with van der Waals surface area (Å²) in [5.41, 5.74) is 0. The number of morpholine rings is 1. The van der Waals surface area contributed by atoms with Crippen molar-refractivity contribution < 1.29 is 9.53 Å². The summed E-state index contributed by atoms with van der Waals surface area (Å²) in [6.45, 7) is 3.34. The summed E-state index contributed by atoms with van der Waals surface area (Å²) in [4.78, 5) is 10.9. The van der Waals surface area contributed by atoms with Gasteiger partial charge in [-0.05, 0) is 18.8 Å². The van der Waals surface area contributed by atoms with E-state index < -0.39 is 0 Å². The molecule has 0 aromatic rings. The van der Waals surface area contributed by atoms with Gasteiger partial charge in [-0.25, -0.2) is 0 Å². The lowest BCUT2D eigenvalue weighted by Gasteiger charge is -2.39. The van der Waals surface area contributed by atoms with Crippen LogP contribution >= 0.6 is 11.8 Å². The number of nitrogens with one attached hydrogen (secondary N) is 1. The first-order chi connectivity index (χ1) is 6.74. The standard InChI is InChI=1S/C10H17NO2S/c1-7(12)14-6-8-2-9-4-13-5-10(3-8)11-9/h8-11H,2-6H2,1H3. The van der Waals surface area contributed by atoms with Gasteiger partial charge in [-0.2, -0.15) is 0 Å². The smallest absolute Gasteiger partial charge is 0.185 e. The molecule has 2 saturated heterocycles. The van der Waals surface area contributed by atoms with Gasteiger partial charge in [-0.1, -0.05) is 11.8 Å². The maximum Gasteiger partial charge on any atom is 0.185 e. The molecule has 2 aliphatic heterocycles. The third kappa shape index (κ3) is 2.72. The van der Waals surface area contributed by atoms with E-state index in [0.29, 0.717) is 18.0 Å². The van der Waals surface area contributed by atoms with Crippen LogP contribution in [0.1, 0.15) is 19.8 Å². The third-order valence-electron chi connectivity index (χ3n) is 2.87. The van der Waals surface area contributed by atoms with Gasteiger partial charge in [0.1, 0.15) is 0 Å². The van der Waals surface area contributed by atoms with E-state index in [1.807, 2.05) is 0 Å². The Morgan fingerprint density at radius 1 is 1.43 bits per heavy atom. The molecular weight excluding hydrogens is 198 g/mol. The second-order valence-electron chi connectivity index (χ2n) is 4.24. The molecule has 0 radical (unpaired) electrons. The summed E-state index contributed by atoms with van der Waals surface area (Å²) < 4.78 is 5.47. The van der Waals surface area contributed by atoms with Crippen molar-refractivity contribution in [2.24, 2.45) is 5.92 Å². The van der Waals surface area contributed by atoms with Crippen LogP contribution in [0.4, 0.5) is 0 Å². The van der Waals surface area contributed by atoms with E-state index in [1.54, 1.807) is 6.92 Å². The molecule has 80 valence electrons. The van der Waals surface area contributed by atoms with Gasteiger partial charge in [0, 0.05) is 24.8 Å². The lowest BCUT2D eigenvalue weighted by atomic mass is 9.88. The molecule has 2 atom stereocenters. The van der Waals surface area contributed by atoms with Gasteiger partial charge in [-0.3, -0.25) is 4.79 Å². The average molecular weight is 215 g/mol. The summed E-state index contributed by atoms with van der Waals surface area (Å²) in [5, 5.41) is 3.79. The lowest BCUT2D eigenvalue weighted by Crippen LogP contribution is -2.54. The number of hydrogen-bond acceptors (Lipinski definition) is 4. The summed E-state index contributed by atoms with van der Waals surface area (Å²) in [6, 6.07) is 1.06. The molecule has 1 N–H and O–H groups in total. The predicted molar refractivity (Wildman–Crippen MR) is 57.4 cm³/mol. The minimum absolute atomic E-state index is 0.241. The normalized spacial score (nSPS) is 36.8. The van der Waals surface area contributed by atoms with E-state index in [4.69, 9.17) is 4.74 Å². The van der Waals surface area contributed by atoms with Crippen LogP contribution in [0.5, 0.6) is 0 Å². The van der Waals surface area contributed by atoms with E-state index in [2.05, 4.69) is 5.32 Å². The van der Waals surface area contributed by atoms with E-state index in [1.165, 1.54) is 11.8 Å². The van der Waals surface area contributed by atoms with Crippen molar-refractivity contribution in [3.8, 4) is 0 Å². The van der Waals surface area contributed by atoms with Gasteiger partial charge >= 0.3 is 0 Å². The Morgan fingerprint density at radius 3 is 2.64 bits per heavy atom. The number of carbonyl (C=O) groups is 1. The van der Waals surface area contributed by atoms with Crippen LogP contribution in [-0.4, -0.2) is 36.2 Å². The fourth-order valence-electron chi connectivity index (χ4n) is 2.33. The van der Waals surface area contributed by atoms with Gasteiger partial charge in [0.2, 0.25) is 0 Å². The monoisotopic (exact) mass is 215 g/mol. The highest BCUT2D eigenvalue weighted by atomic mass is 32.2. The summed E-state index contributed by atoms with van der Waals surface area (Å²) in [7, 11) is 0. The zero-order valence-corrected chi connectivity index (χ0v) is 9.31. The molecule has 0 aromatic heterocycles. The highest BCUT2D eigenvalue weighted by Crippen LogP contribution is 2.26. The van der Waals surface area contributed by atoms with Crippen molar-refractivity contribution in [3.63, 3.8) is 0 Å². The second-order valence-corrected chi connectivity index (χ2v) is 5.43. The van der Waals surface area contributed by atoms with Gasteiger partial charge in [0.15, 0.2) is 5.12 Å². The molecule has 0 amide bonds. The Labute approximate surface area is 89.0 Å². The molecule has 2 rings (SSSR count). The van der Waals surface area contributed by atoms with Gasteiger partial charge in [-0.15, -0.1) is 0 Å². The zero-order valence-electron chi connectivity index (χ0n) is 8.49. The van der Waals surface area contributed by atoms with Gasteiger partial charge in [0.05, 0.1) is 13.2 Å². The molecule has 3 nitrogen and oxygen atoms in total. The van der Waals surface area contributed by atoms with E-state index >= 15 is 0 Å². The van der Waals surface area contributed by atoms with Gasteiger partial charge in [0.25, 0.3) is 0 Å². The number of thioether (sulfide) groups is 1. The number of rotatable bonds is 2. The molecule has 2 heterocycles. The fourth-order valence-corrected chi connectivity index (χ4v) is 3.07. The SMILES string of the molecule is CC(=O)SCC1CC2COCC(C1)N2. The van der Waals surface area contributed by atoms with Crippen molar-refractivity contribution in [2.45, 2.75) is 31.8 Å². The minimum atomic E-state index is 0.241. The molecule has 2 fully saturated rings. The Bertz CT molecular complexity index is 210. The number of fused-ring (bicyclic) bond motifs is 2. The zero-order chi connectivity index (χ0) is 9.97. The van der Waals surface area contributed by atoms with E-state index in [0.717, 1.165) is 31.8 Å². The highest BCUT2D eigenvalue weighted by Gasteiger charge is 2.31. The molecule has 0 spiro atoms. The van der Waals surface area contributed by atoms with Crippen LogP contribution < -0.4 is 5.32 Å². The maximum absolute atomic E-state index is 10.9. The van der Waals surface area contributed by atoms with Crippen LogP contribution in [0.2, 0.25) is 0 Å². The van der Waals surface area contributed by atoms with E-state index in [-0.39, 0.29) is 5.12 Å². The Balaban J connectivity index is 1.80. The number of piperidine rings is 1. The molecule has 14 heavy (non-hydrogen) atoms. The van der Waals surface area contributed by atoms with Crippen LogP contribution in [0.15, 0.2) is 0 Å². The Hall–Kier alpha value is -0.0600. The number of hydrogen-bond donors (Lipinski definition) is 1. The first-order valence-corrected chi connectivity index (χ1v) is 6.19. The third-order valence-corrected chi connectivity index (χ3v) is 3.91. The van der Waals surface area contributed by atoms with Crippen molar-refractivity contribution in [3.05, 3.63) is 0 Å². The molecular formula is C10H17NO2S. The first kappa shape index (κ1) is 10.5. The topological polar surface area (TPSA) is 38.3 Å².